The number of ether oxygens (including phenoxy) is 1. The van der Waals surface area contributed by atoms with Gasteiger partial charge in [-0.2, -0.15) is 0 Å². The molecule has 0 fully saturated rings. The molecule has 0 aliphatic heterocycles. The topological polar surface area (TPSA) is 149 Å². The van der Waals surface area contributed by atoms with Crippen LogP contribution in [0.1, 0.15) is 73.2 Å². The van der Waals surface area contributed by atoms with Gasteiger partial charge in [0.05, 0.1) is 40.3 Å². The van der Waals surface area contributed by atoms with Gasteiger partial charge in [0.15, 0.2) is 0 Å². The van der Waals surface area contributed by atoms with Gasteiger partial charge >= 0.3 is 6.03 Å². The van der Waals surface area contributed by atoms with E-state index in [1.165, 1.54) is 16.2 Å². The molecule has 0 saturated carbocycles. The first-order chi connectivity index (χ1) is 24.5. The second kappa shape index (κ2) is 20.4. The van der Waals surface area contributed by atoms with E-state index < -0.39 is 30.6 Å². The minimum atomic E-state index is -1.34. The summed E-state index contributed by atoms with van der Waals surface area (Å²) in [5.41, 5.74) is 4.58. The predicted octanol–water partition coefficient (Wildman–Crippen LogP) is 5.45. The number of aryl methyl sites for hydroxylation is 1. The van der Waals surface area contributed by atoms with Crippen molar-refractivity contribution in [2.24, 2.45) is 5.92 Å². The van der Waals surface area contributed by atoms with Crippen LogP contribution < -0.4 is 16.0 Å². The third-order valence-corrected chi connectivity index (χ3v) is 10.5. The number of nitrogens with one attached hydrogen (secondary N) is 3. The number of aliphatic hydroxyl groups excluding tert-OH is 2. The summed E-state index contributed by atoms with van der Waals surface area (Å²) >= 11 is 3.00. The molecule has 0 radical (unpaired) electrons. The fraction of sp³-hybridized carbons (Fsp3) is 0.474. The van der Waals surface area contributed by atoms with E-state index in [1.54, 1.807) is 30.1 Å². The van der Waals surface area contributed by atoms with Crippen LogP contribution in [0.25, 0.3) is 0 Å². The van der Waals surface area contributed by atoms with E-state index in [2.05, 4.69) is 39.8 Å². The fourth-order valence-electron chi connectivity index (χ4n) is 5.61. The number of carbonyl (C=O) groups excluding carboxylic acids is 2. The molecule has 4 aromatic rings. The summed E-state index contributed by atoms with van der Waals surface area (Å²) in [7, 11) is 1.69. The average molecular weight is 737 g/mol. The lowest BCUT2D eigenvalue weighted by Gasteiger charge is -2.31. The molecule has 276 valence electrons. The maximum Gasteiger partial charge on any atom is 0.318 e. The maximum absolute atomic E-state index is 13.9. The number of rotatable bonds is 20. The molecule has 11 nitrogen and oxygen atoms in total. The number of hydrogen-bond acceptors (Lipinski definition) is 10. The molecule has 0 spiro atoms. The number of aromatic nitrogens is 2. The molecular formula is C38H52N6O5S2. The minimum Gasteiger partial charge on any atom is -0.391 e. The van der Waals surface area contributed by atoms with Gasteiger partial charge in [-0.05, 0) is 42.7 Å². The van der Waals surface area contributed by atoms with E-state index >= 15 is 0 Å². The minimum absolute atomic E-state index is 0.170. The first-order valence-corrected chi connectivity index (χ1v) is 19.2. The standard InChI is InChI=1S/C38H52N6O5S2/c1-25(2)34(43-37(47)44(5)21-30-23-50-36(41-30)26(3)4)35(46)40-29(17-16-27-12-8-6-9-13-27)19-33(45)32(18-28-14-10-7-11-15-28)42-38(48)49-22-31-20-39-24-51-31/h6-15,20,23-26,29,32-34,38,42,45,48H,16-19,21-22H2,1-5H3,(H,40,46)(H,43,47)/t29-,32-,33-,34-,38?/m0/s1. The van der Waals surface area contributed by atoms with Crippen LogP contribution >= 0.6 is 22.7 Å². The molecule has 0 saturated heterocycles. The summed E-state index contributed by atoms with van der Waals surface area (Å²) in [4.78, 5) is 38.3. The lowest BCUT2D eigenvalue weighted by molar-refractivity contribution is -0.140. The van der Waals surface area contributed by atoms with Crippen molar-refractivity contribution in [1.29, 1.82) is 0 Å². The molecule has 4 rings (SSSR count). The molecule has 0 bridgehead atoms. The Morgan fingerprint density at radius 1 is 0.941 bits per heavy atom. The number of hydrogen-bond donors (Lipinski definition) is 5. The molecule has 2 aromatic heterocycles. The molecule has 5 N–H and O–H groups in total. The number of thiazole rings is 2. The Labute approximate surface area is 309 Å². The highest BCUT2D eigenvalue weighted by molar-refractivity contribution is 7.09. The number of amides is 3. The van der Waals surface area contributed by atoms with Crippen molar-refractivity contribution >= 4 is 34.6 Å². The monoisotopic (exact) mass is 736 g/mol. The molecule has 0 aliphatic carbocycles. The normalized spacial score (nSPS) is 14.5. The quantitative estimate of drug-likeness (QED) is 0.0753. The van der Waals surface area contributed by atoms with Gasteiger partial charge in [-0.1, -0.05) is 88.4 Å². The Morgan fingerprint density at radius 3 is 2.24 bits per heavy atom. The van der Waals surface area contributed by atoms with Crippen LogP contribution in [0, 0.1) is 5.92 Å². The Bertz CT molecular complexity index is 1590. The van der Waals surface area contributed by atoms with Crippen LogP contribution in [0.4, 0.5) is 4.79 Å². The average Bonchev–Trinajstić information content (AvgIpc) is 3.82. The molecule has 5 atom stereocenters. The van der Waals surface area contributed by atoms with Gasteiger partial charge in [0.25, 0.3) is 0 Å². The smallest absolute Gasteiger partial charge is 0.318 e. The molecule has 2 heterocycles. The van der Waals surface area contributed by atoms with Crippen molar-refractivity contribution in [1.82, 2.24) is 30.8 Å². The zero-order valence-electron chi connectivity index (χ0n) is 30.1. The highest BCUT2D eigenvalue weighted by Gasteiger charge is 2.30. The molecule has 51 heavy (non-hydrogen) atoms. The van der Waals surface area contributed by atoms with Crippen molar-refractivity contribution in [3.63, 3.8) is 0 Å². The molecule has 13 heteroatoms. The first-order valence-electron chi connectivity index (χ1n) is 17.4. The zero-order valence-corrected chi connectivity index (χ0v) is 31.7. The summed E-state index contributed by atoms with van der Waals surface area (Å²) in [5, 5.41) is 34.6. The number of urea groups is 1. The lowest BCUT2D eigenvalue weighted by atomic mass is 9.93. The SMILES string of the molecule is CC(C)c1nc(CN(C)C(=O)N[C@H](C(=O)N[C@@H](CCc2ccccc2)C[C@H](O)[C@H](Cc2ccccc2)NC(O)OCc2cncs2)C(C)C)cs1. The van der Waals surface area contributed by atoms with Crippen molar-refractivity contribution < 1.29 is 24.5 Å². The van der Waals surface area contributed by atoms with Gasteiger partial charge in [-0.3, -0.25) is 15.1 Å². The van der Waals surface area contributed by atoms with Gasteiger partial charge in [0, 0.05) is 36.6 Å². The highest BCUT2D eigenvalue weighted by atomic mass is 32.1. The van der Waals surface area contributed by atoms with E-state index in [-0.39, 0.29) is 30.9 Å². The number of nitrogens with zero attached hydrogens (tertiary/aromatic N) is 3. The van der Waals surface area contributed by atoms with Crippen LogP contribution in [-0.4, -0.2) is 74.7 Å². The fourth-order valence-corrected chi connectivity index (χ4v) is 6.96. The lowest BCUT2D eigenvalue weighted by Crippen LogP contribution is -2.55. The van der Waals surface area contributed by atoms with Gasteiger partial charge in [0.1, 0.15) is 6.04 Å². The summed E-state index contributed by atoms with van der Waals surface area (Å²) in [5.74, 6) is -0.220. The zero-order chi connectivity index (χ0) is 36.8. The van der Waals surface area contributed by atoms with Crippen molar-refractivity contribution in [3.05, 3.63) is 104 Å². The van der Waals surface area contributed by atoms with E-state index in [0.717, 1.165) is 26.7 Å². The molecule has 2 aromatic carbocycles. The Balaban J connectivity index is 1.46. The largest absolute Gasteiger partial charge is 0.391 e. The van der Waals surface area contributed by atoms with Crippen molar-refractivity contribution in [2.45, 2.75) is 103 Å². The number of aliphatic hydroxyl groups is 2. The molecular weight excluding hydrogens is 685 g/mol. The van der Waals surface area contributed by atoms with Crippen LogP contribution in [0.15, 0.2) is 77.8 Å². The van der Waals surface area contributed by atoms with Gasteiger partial charge < -0.3 is 30.5 Å². The molecule has 1 unspecified atom stereocenters. The van der Waals surface area contributed by atoms with Crippen LogP contribution in [0.5, 0.6) is 0 Å². The first kappa shape index (κ1) is 40.1. The maximum atomic E-state index is 13.9. The Kier molecular flexibility index (Phi) is 16.0. The van der Waals surface area contributed by atoms with Crippen LogP contribution in [0.2, 0.25) is 0 Å². The van der Waals surface area contributed by atoms with Gasteiger partial charge in [0.2, 0.25) is 12.3 Å². The van der Waals surface area contributed by atoms with Gasteiger partial charge in [-0.25, -0.2) is 9.78 Å². The second-order valence-electron chi connectivity index (χ2n) is 13.5. The summed E-state index contributed by atoms with van der Waals surface area (Å²) in [6.45, 7) is 8.44. The third kappa shape index (κ3) is 13.4. The predicted molar refractivity (Wildman–Crippen MR) is 202 cm³/mol. The highest BCUT2D eigenvalue weighted by Crippen LogP contribution is 2.20. The summed E-state index contributed by atoms with van der Waals surface area (Å²) in [6.07, 6.45) is 1.20. The third-order valence-electron chi connectivity index (χ3n) is 8.52. The molecule has 0 aliphatic rings. The van der Waals surface area contributed by atoms with Crippen LogP contribution in [-0.2, 0) is 35.5 Å². The van der Waals surface area contributed by atoms with E-state index in [9.17, 15) is 19.8 Å². The van der Waals surface area contributed by atoms with Crippen LogP contribution in [0.3, 0.4) is 0 Å². The summed E-state index contributed by atoms with van der Waals surface area (Å²) < 4.78 is 5.63. The van der Waals surface area contributed by atoms with E-state index in [1.807, 2.05) is 79.9 Å². The number of carbonyl (C=O) groups is 2. The second-order valence-corrected chi connectivity index (χ2v) is 15.3. The molecule has 3 amide bonds. The van der Waals surface area contributed by atoms with Gasteiger partial charge in [-0.15, -0.1) is 22.7 Å². The summed E-state index contributed by atoms with van der Waals surface area (Å²) in [6, 6.07) is 17.5. The van der Waals surface area contributed by atoms with E-state index in [4.69, 9.17) is 4.74 Å². The number of benzene rings is 2. The van der Waals surface area contributed by atoms with E-state index in [0.29, 0.717) is 31.7 Å². The Hall–Kier alpha value is -3.72. The van der Waals surface area contributed by atoms with Crippen molar-refractivity contribution in [3.8, 4) is 0 Å². The Morgan fingerprint density at radius 2 is 1.63 bits per heavy atom. The van der Waals surface area contributed by atoms with Crippen molar-refractivity contribution in [2.75, 3.05) is 7.05 Å².